The molecule has 0 fully saturated rings. The highest BCUT2D eigenvalue weighted by atomic mass is 15.2. The molecule has 1 unspecified atom stereocenters. The number of nitrogens with zero attached hydrogens (tertiary/aromatic N) is 2. The second kappa shape index (κ2) is 14.3. The van der Waals surface area contributed by atoms with Crippen LogP contribution in [-0.4, -0.2) is 0 Å². The van der Waals surface area contributed by atoms with Crippen LogP contribution in [0, 0.1) is 20.8 Å². The van der Waals surface area contributed by atoms with Crippen LogP contribution in [0.2, 0.25) is 0 Å². The Hall–Kier alpha value is -5.34. The van der Waals surface area contributed by atoms with E-state index in [1.54, 1.807) is 0 Å². The number of hydrogen-bond donors (Lipinski definition) is 0. The van der Waals surface area contributed by atoms with Gasteiger partial charge < -0.3 is 9.80 Å². The van der Waals surface area contributed by atoms with Gasteiger partial charge >= 0.3 is 0 Å². The van der Waals surface area contributed by atoms with Gasteiger partial charge in [-0.25, -0.2) is 0 Å². The van der Waals surface area contributed by atoms with Gasteiger partial charge in [-0.2, -0.15) is 0 Å². The Bertz CT molecular complexity index is 2230. The highest BCUT2D eigenvalue weighted by Gasteiger charge is 2.29. The van der Waals surface area contributed by atoms with Crippen LogP contribution >= 0.6 is 0 Å². The van der Waals surface area contributed by atoms with E-state index in [-0.39, 0.29) is 6.04 Å². The second-order valence-corrected chi connectivity index (χ2v) is 13.9. The van der Waals surface area contributed by atoms with Crippen LogP contribution in [-0.2, 0) is 0 Å². The normalized spacial score (nSPS) is 15.3. The van der Waals surface area contributed by atoms with Crippen molar-refractivity contribution in [3.63, 3.8) is 0 Å². The van der Waals surface area contributed by atoms with Gasteiger partial charge in [0.25, 0.3) is 0 Å². The van der Waals surface area contributed by atoms with Crippen molar-refractivity contribution in [2.45, 2.75) is 66.8 Å². The van der Waals surface area contributed by atoms with Gasteiger partial charge in [0, 0.05) is 28.1 Å². The molecule has 50 heavy (non-hydrogen) atoms. The van der Waals surface area contributed by atoms with Crippen molar-refractivity contribution in [3.8, 4) is 0 Å². The SMILES string of the molecule is C/C=C\C.CC1=CC=C(N(c2ccc(C)cc2)C2CC=c3ccc4c(N(c5ccc(C)cc5)c5ccc(C)cc5)ccc5ccc2c3c54)CC1. The molecule has 0 amide bonds. The van der Waals surface area contributed by atoms with E-state index >= 15 is 0 Å². The van der Waals surface area contributed by atoms with Crippen LogP contribution in [0.5, 0.6) is 0 Å². The molecule has 0 aliphatic heterocycles. The van der Waals surface area contributed by atoms with Crippen molar-refractivity contribution in [3.05, 3.63) is 172 Å². The lowest BCUT2D eigenvalue weighted by Gasteiger charge is -2.38. The molecule has 0 spiro atoms. The first-order valence-corrected chi connectivity index (χ1v) is 18.1. The van der Waals surface area contributed by atoms with E-state index < -0.39 is 0 Å². The van der Waals surface area contributed by atoms with Gasteiger partial charge in [0.2, 0.25) is 0 Å². The first-order chi connectivity index (χ1) is 24.4. The molecule has 0 heterocycles. The molecule has 0 saturated heterocycles. The Morgan fingerprint density at radius 2 is 1.14 bits per heavy atom. The Kier molecular flexibility index (Phi) is 9.46. The molecular weight excluding hydrogens is 605 g/mol. The smallest absolute Gasteiger partial charge is 0.0629 e. The number of allylic oxidation sites excluding steroid dienone is 6. The lowest BCUT2D eigenvalue weighted by atomic mass is 9.85. The average molecular weight is 653 g/mol. The van der Waals surface area contributed by atoms with Crippen molar-refractivity contribution in [1.82, 2.24) is 0 Å². The van der Waals surface area contributed by atoms with Crippen molar-refractivity contribution >= 4 is 50.4 Å². The maximum absolute atomic E-state index is 2.63. The van der Waals surface area contributed by atoms with Gasteiger partial charge in [-0.05, 0) is 136 Å². The summed E-state index contributed by atoms with van der Waals surface area (Å²) in [5.74, 6) is 0. The van der Waals surface area contributed by atoms with Crippen LogP contribution in [0.1, 0.15) is 68.3 Å². The first kappa shape index (κ1) is 33.2. The molecule has 2 heteroatoms. The minimum Gasteiger partial charge on any atom is -0.337 e. The zero-order valence-corrected chi connectivity index (χ0v) is 30.4. The van der Waals surface area contributed by atoms with E-state index in [9.17, 15) is 0 Å². The topological polar surface area (TPSA) is 6.48 Å². The number of aryl methyl sites for hydroxylation is 3. The molecule has 8 rings (SSSR count). The summed E-state index contributed by atoms with van der Waals surface area (Å²) in [6.07, 6.45) is 14.3. The lowest BCUT2D eigenvalue weighted by molar-refractivity contribution is 0.669. The molecule has 6 aromatic rings. The summed E-state index contributed by atoms with van der Waals surface area (Å²) in [6.45, 7) is 12.7. The second-order valence-electron chi connectivity index (χ2n) is 13.9. The van der Waals surface area contributed by atoms with Gasteiger partial charge in [-0.1, -0.05) is 113 Å². The summed E-state index contributed by atoms with van der Waals surface area (Å²) in [5.41, 5.74) is 12.9. The predicted molar refractivity (Wildman–Crippen MR) is 218 cm³/mol. The molecule has 250 valence electrons. The number of rotatable bonds is 6. The minimum absolute atomic E-state index is 0.220. The minimum atomic E-state index is 0.220. The fourth-order valence-electron chi connectivity index (χ4n) is 7.44. The first-order valence-electron chi connectivity index (χ1n) is 18.1. The van der Waals surface area contributed by atoms with Gasteiger partial charge in [0.05, 0.1) is 11.7 Å². The third kappa shape index (κ3) is 6.39. The standard InChI is InChI=1S/C44H40N2.C4H8/c1-29-5-17-35(18-6-29)45(36-19-7-30(2)8-20-36)41-27-15-33-14-26-40-42(28-16-34-13-25-39(41)43(33)44(34)40)46(37-21-9-31(3)10-22-37)38-23-11-32(4)12-24-38;1-3-4-2/h5-11,13-23,25-27,42H,12,24,28H2,1-4H3;3-4H,1-2H3/b;4-3-. The molecule has 1 atom stereocenters. The molecule has 2 aliphatic rings. The quantitative estimate of drug-likeness (QED) is 0.165. The van der Waals surface area contributed by atoms with Gasteiger partial charge in [-0.15, -0.1) is 0 Å². The summed E-state index contributed by atoms with van der Waals surface area (Å²) in [5, 5.41) is 6.66. The van der Waals surface area contributed by atoms with Crippen LogP contribution in [0.25, 0.3) is 27.6 Å². The van der Waals surface area contributed by atoms with E-state index in [2.05, 4.69) is 165 Å². The molecule has 0 aromatic heterocycles. The summed E-state index contributed by atoms with van der Waals surface area (Å²) < 4.78 is 0. The van der Waals surface area contributed by atoms with Crippen molar-refractivity contribution < 1.29 is 0 Å². The van der Waals surface area contributed by atoms with Crippen molar-refractivity contribution in [2.24, 2.45) is 0 Å². The zero-order chi connectivity index (χ0) is 34.8. The molecule has 2 nitrogen and oxygen atoms in total. The average Bonchev–Trinajstić information content (AvgIpc) is 3.15. The van der Waals surface area contributed by atoms with E-state index in [4.69, 9.17) is 0 Å². The number of hydrogen-bond acceptors (Lipinski definition) is 2. The van der Waals surface area contributed by atoms with Crippen LogP contribution in [0.4, 0.5) is 22.7 Å². The third-order valence-corrected chi connectivity index (χ3v) is 10.3. The van der Waals surface area contributed by atoms with Gasteiger partial charge in [0.15, 0.2) is 0 Å². The van der Waals surface area contributed by atoms with Gasteiger partial charge in [-0.3, -0.25) is 0 Å². The third-order valence-electron chi connectivity index (χ3n) is 10.3. The Labute approximate surface area is 298 Å². The lowest BCUT2D eigenvalue weighted by Crippen LogP contribution is -2.31. The Morgan fingerprint density at radius 1 is 0.560 bits per heavy atom. The Balaban J connectivity index is 0.000000932. The number of anilines is 4. The van der Waals surface area contributed by atoms with Crippen LogP contribution in [0.3, 0.4) is 0 Å². The van der Waals surface area contributed by atoms with Crippen LogP contribution < -0.4 is 15.0 Å². The maximum atomic E-state index is 2.63. The largest absolute Gasteiger partial charge is 0.337 e. The summed E-state index contributed by atoms with van der Waals surface area (Å²) >= 11 is 0. The molecular formula is C48H48N2. The van der Waals surface area contributed by atoms with E-state index in [1.807, 2.05) is 26.0 Å². The fourth-order valence-corrected chi connectivity index (χ4v) is 7.44. The summed E-state index contributed by atoms with van der Waals surface area (Å²) in [7, 11) is 0. The maximum Gasteiger partial charge on any atom is 0.0629 e. The predicted octanol–water partition coefficient (Wildman–Crippen LogP) is 13.0. The monoisotopic (exact) mass is 652 g/mol. The van der Waals surface area contributed by atoms with Crippen LogP contribution in [0.15, 0.2) is 145 Å². The number of benzene rings is 6. The molecule has 2 aliphatic carbocycles. The Morgan fingerprint density at radius 3 is 1.70 bits per heavy atom. The molecule has 0 bridgehead atoms. The summed E-state index contributed by atoms with van der Waals surface area (Å²) in [4.78, 5) is 5.05. The molecule has 0 radical (unpaired) electrons. The van der Waals surface area contributed by atoms with Crippen molar-refractivity contribution in [1.29, 1.82) is 0 Å². The zero-order valence-electron chi connectivity index (χ0n) is 30.4. The van der Waals surface area contributed by atoms with E-state index in [0.717, 1.165) is 19.3 Å². The van der Waals surface area contributed by atoms with E-state index in [0.29, 0.717) is 0 Å². The summed E-state index contributed by atoms with van der Waals surface area (Å²) in [6, 6.07) is 41.2. The fraction of sp³-hybridized carbons (Fsp3) is 0.208. The van der Waals surface area contributed by atoms with E-state index in [1.165, 1.54) is 83.0 Å². The molecule has 0 N–H and O–H groups in total. The van der Waals surface area contributed by atoms with Gasteiger partial charge in [0.1, 0.15) is 0 Å². The van der Waals surface area contributed by atoms with Crippen molar-refractivity contribution in [2.75, 3.05) is 9.80 Å². The molecule has 6 aromatic carbocycles. The molecule has 0 saturated carbocycles. The highest BCUT2D eigenvalue weighted by molar-refractivity contribution is 6.17. The highest BCUT2D eigenvalue weighted by Crippen LogP contribution is 2.45.